The fourth-order valence-electron chi connectivity index (χ4n) is 1.54. The molecule has 1 amide bonds. The Balaban J connectivity index is 2.59. The molecular weight excluding hydrogens is 202 g/mol. The van der Waals surface area contributed by atoms with Gasteiger partial charge in [0.2, 0.25) is 5.91 Å². The maximum atomic E-state index is 11.6. The summed E-state index contributed by atoms with van der Waals surface area (Å²) in [4.78, 5) is 11.6. The highest BCUT2D eigenvalue weighted by Gasteiger charge is 2.16. The van der Waals surface area contributed by atoms with Crippen LogP contribution in [0.15, 0.2) is 30.3 Å². The highest BCUT2D eigenvalue weighted by Crippen LogP contribution is 2.03. The van der Waals surface area contributed by atoms with E-state index in [1.54, 1.807) is 7.05 Å². The molecule has 1 unspecified atom stereocenters. The Hall–Kier alpha value is -1.39. The summed E-state index contributed by atoms with van der Waals surface area (Å²) >= 11 is 0. The number of benzene rings is 1. The molecule has 88 valence electrons. The average molecular weight is 221 g/mol. The molecule has 4 nitrogen and oxygen atoms in total. The first-order chi connectivity index (χ1) is 7.77. The first kappa shape index (κ1) is 12.7. The number of carbonyl (C=O) groups is 1. The van der Waals surface area contributed by atoms with E-state index in [-0.39, 0.29) is 11.9 Å². The molecule has 0 fully saturated rings. The van der Waals surface area contributed by atoms with E-state index in [4.69, 9.17) is 5.73 Å². The number of amides is 1. The topological polar surface area (TPSA) is 67.2 Å². The van der Waals surface area contributed by atoms with Gasteiger partial charge in [0.1, 0.15) is 0 Å². The molecule has 16 heavy (non-hydrogen) atoms. The number of rotatable bonds is 6. The Morgan fingerprint density at radius 1 is 1.38 bits per heavy atom. The number of hydrogen-bond acceptors (Lipinski definition) is 3. The van der Waals surface area contributed by atoms with Gasteiger partial charge < -0.3 is 16.4 Å². The summed E-state index contributed by atoms with van der Waals surface area (Å²) in [5.41, 5.74) is 6.56. The standard InChI is InChI=1S/C12H19N3O/c1-14-12(16)11(15-8-7-13)9-10-5-3-2-4-6-10/h2-6,11,15H,7-9,13H2,1H3,(H,14,16). The van der Waals surface area contributed by atoms with Gasteiger partial charge in [0.05, 0.1) is 6.04 Å². The smallest absolute Gasteiger partial charge is 0.237 e. The van der Waals surface area contributed by atoms with E-state index in [2.05, 4.69) is 10.6 Å². The van der Waals surface area contributed by atoms with Crippen molar-refractivity contribution >= 4 is 5.91 Å². The largest absolute Gasteiger partial charge is 0.358 e. The van der Waals surface area contributed by atoms with Crippen LogP contribution in [0.3, 0.4) is 0 Å². The van der Waals surface area contributed by atoms with E-state index >= 15 is 0 Å². The number of nitrogens with one attached hydrogen (secondary N) is 2. The van der Waals surface area contributed by atoms with Crippen LogP contribution in [0.1, 0.15) is 5.56 Å². The average Bonchev–Trinajstić information content (AvgIpc) is 2.34. The maximum Gasteiger partial charge on any atom is 0.237 e. The monoisotopic (exact) mass is 221 g/mol. The molecule has 4 N–H and O–H groups in total. The summed E-state index contributed by atoms with van der Waals surface area (Å²) in [5, 5.41) is 5.78. The van der Waals surface area contributed by atoms with Gasteiger partial charge in [-0.15, -0.1) is 0 Å². The lowest BCUT2D eigenvalue weighted by molar-refractivity contribution is -0.122. The predicted octanol–water partition coefficient (Wildman–Crippen LogP) is -0.108. The van der Waals surface area contributed by atoms with Crippen LogP contribution in [-0.4, -0.2) is 32.1 Å². The zero-order valence-corrected chi connectivity index (χ0v) is 9.57. The van der Waals surface area contributed by atoms with Gasteiger partial charge in [0.15, 0.2) is 0 Å². The van der Waals surface area contributed by atoms with Gasteiger partial charge in [-0.3, -0.25) is 4.79 Å². The molecule has 0 saturated carbocycles. The third kappa shape index (κ3) is 4.00. The van der Waals surface area contributed by atoms with Crippen LogP contribution in [0.25, 0.3) is 0 Å². The van der Waals surface area contributed by atoms with Crippen LogP contribution in [0, 0.1) is 0 Å². The maximum absolute atomic E-state index is 11.6. The van der Waals surface area contributed by atoms with Gasteiger partial charge in [-0.05, 0) is 12.0 Å². The quantitative estimate of drug-likeness (QED) is 0.628. The molecule has 0 aliphatic heterocycles. The van der Waals surface area contributed by atoms with Gasteiger partial charge in [-0.2, -0.15) is 0 Å². The fraction of sp³-hybridized carbons (Fsp3) is 0.417. The predicted molar refractivity (Wildman–Crippen MR) is 65.1 cm³/mol. The third-order valence-corrected chi connectivity index (χ3v) is 2.38. The molecule has 1 atom stereocenters. The molecule has 0 spiro atoms. The molecule has 0 heterocycles. The van der Waals surface area contributed by atoms with Crippen LogP contribution >= 0.6 is 0 Å². The normalized spacial score (nSPS) is 12.1. The molecule has 0 radical (unpaired) electrons. The van der Waals surface area contributed by atoms with Crippen molar-refractivity contribution in [3.05, 3.63) is 35.9 Å². The molecule has 0 aliphatic rings. The Bertz CT molecular complexity index is 313. The molecule has 4 heteroatoms. The summed E-state index contributed by atoms with van der Waals surface area (Å²) in [5.74, 6) is -0.00250. The van der Waals surface area contributed by atoms with Gasteiger partial charge in [-0.25, -0.2) is 0 Å². The Labute approximate surface area is 96.2 Å². The molecule has 0 aromatic heterocycles. The molecular formula is C12H19N3O. The first-order valence-corrected chi connectivity index (χ1v) is 5.47. The third-order valence-electron chi connectivity index (χ3n) is 2.38. The molecule has 0 saturated heterocycles. The zero-order valence-electron chi connectivity index (χ0n) is 9.57. The van der Waals surface area contributed by atoms with Crippen molar-refractivity contribution in [1.29, 1.82) is 0 Å². The van der Waals surface area contributed by atoms with Crippen molar-refractivity contribution in [1.82, 2.24) is 10.6 Å². The summed E-state index contributed by atoms with van der Waals surface area (Å²) < 4.78 is 0. The lowest BCUT2D eigenvalue weighted by atomic mass is 10.1. The minimum atomic E-state index is -0.212. The van der Waals surface area contributed by atoms with Crippen molar-refractivity contribution in [2.45, 2.75) is 12.5 Å². The zero-order chi connectivity index (χ0) is 11.8. The number of hydrogen-bond donors (Lipinski definition) is 3. The van der Waals surface area contributed by atoms with Crippen LogP contribution in [0.2, 0.25) is 0 Å². The Morgan fingerprint density at radius 3 is 2.62 bits per heavy atom. The molecule has 1 rings (SSSR count). The summed E-state index contributed by atoms with van der Waals surface area (Å²) in [6.45, 7) is 1.17. The van der Waals surface area contributed by atoms with Gasteiger partial charge in [0.25, 0.3) is 0 Å². The van der Waals surface area contributed by atoms with E-state index in [1.807, 2.05) is 30.3 Å². The van der Waals surface area contributed by atoms with E-state index in [0.29, 0.717) is 19.5 Å². The molecule has 0 aliphatic carbocycles. The lowest BCUT2D eigenvalue weighted by Crippen LogP contribution is -2.45. The fourth-order valence-corrected chi connectivity index (χ4v) is 1.54. The van der Waals surface area contributed by atoms with Crippen LogP contribution < -0.4 is 16.4 Å². The van der Waals surface area contributed by atoms with Crippen molar-refractivity contribution in [3.63, 3.8) is 0 Å². The van der Waals surface area contributed by atoms with Crippen LogP contribution in [0.5, 0.6) is 0 Å². The van der Waals surface area contributed by atoms with E-state index < -0.39 is 0 Å². The van der Waals surface area contributed by atoms with Crippen molar-refractivity contribution in [3.8, 4) is 0 Å². The van der Waals surface area contributed by atoms with Crippen LogP contribution in [-0.2, 0) is 11.2 Å². The van der Waals surface area contributed by atoms with Gasteiger partial charge in [-0.1, -0.05) is 30.3 Å². The lowest BCUT2D eigenvalue weighted by Gasteiger charge is -2.16. The van der Waals surface area contributed by atoms with E-state index in [0.717, 1.165) is 5.56 Å². The van der Waals surface area contributed by atoms with E-state index in [9.17, 15) is 4.79 Å². The highest BCUT2D eigenvalue weighted by atomic mass is 16.2. The second-order valence-electron chi connectivity index (χ2n) is 3.60. The number of likely N-dealkylation sites (N-methyl/N-ethyl adjacent to an activating group) is 1. The molecule has 0 bridgehead atoms. The highest BCUT2D eigenvalue weighted by molar-refractivity contribution is 5.81. The molecule has 1 aromatic rings. The van der Waals surface area contributed by atoms with Crippen LogP contribution in [0.4, 0.5) is 0 Å². The van der Waals surface area contributed by atoms with Gasteiger partial charge >= 0.3 is 0 Å². The number of carbonyl (C=O) groups excluding carboxylic acids is 1. The Kier molecular flexibility index (Phi) is 5.53. The van der Waals surface area contributed by atoms with E-state index in [1.165, 1.54) is 0 Å². The summed E-state index contributed by atoms with van der Waals surface area (Å²) in [6.07, 6.45) is 0.681. The number of nitrogens with two attached hydrogens (primary N) is 1. The first-order valence-electron chi connectivity index (χ1n) is 5.47. The second-order valence-corrected chi connectivity index (χ2v) is 3.60. The minimum Gasteiger partial charge on any atom is -0.358 e. The summed E-state index contributed by atoms with van der Waals surface area (Å²) in [6, 6.07) is 9.72. The Morgan fingerprint density at radius 2 is 2.06 bits per heavy atom. The van der Waals surface area contributed by atoms with Crippen molar-refractivity contribution in [2.75, 3.05) is 20.1 Å². The summed E-state index contributed by atoms with van der Waals surface area (Å²) in [7, 11) is 1.64. The minimum absolute atomic E-state index is 0.00250. The van der Waals surface area contributed by atoms with Crippen molar-refractivity contribution in [2.24, 2.45) is 5.73 Å². The van der Waals surface area contributed by atoms with Gasteiger partial charge in [0, 0.05) is 20.1 Å². The van der Waals surface area contributed by atoms with Crippen molar-refractivity contribution < 1.29 is 4.79 Å². The SMILES string of the molecule is CNC(=O)C(Cc1ccccc1)NCCN. The molecule has 1 aromatic carbocycles. The second kappa shape index (κ2) is 6.98.